The molecule has 0 saturated carbocycles. The zero-order chi connectivity index (χ0) is 22.2. The molecule has 3 aromatic rings. The highest BCUT2D eigenvalue weighted by atomic mass is 32.1. The van der Waals surface area contributed by atoms with E-state index in [2.05, 4.69) is 20.7 Å². The summed E-state index contributed by atoms with van der Waals surface area (Å²) in [6.45, 7) is 1.75. The molecule has 3 rings (SSSR count). The van der Waals surface area contributed by atoms with Gasteiger partial charge in [-0.1, -0.05) is 18.2 Å². The summed E-state index contributed by atoms with van der Waals surface area (Å²) in [6.07, 6.45) is -0.861. The lowest BCUT2D eigenvalue weighted by Crippen LogP contribution is -2.31. The molecule has 4 amide bonds. The smallest absolute Gasteiger partial charge is 0.414 e. The highest BCUT2D eigenvalue weighted by Gasteiger charge is 2.18. The molecule has 31 heavy (non-hydrogen) atoms. The molecule has 9 heteroatoms. The van der Waals surface area contributed by atoms with Crippen LogP contribution in [0.1, 0.15) is 38.0 Å². The van der Waals surface area contributed by atoms with Crippen molar-refractivity contribution in [3.05, 3.63) is 82.7 Å². The Balaban J connectivity index is 1.64. The van der Waals surface area contributed by atoms with Crippen molar-refractivity contribution in [3.8, 4) is 0 Å². The molecule has 2 aromatic carbocycles. The topological polar surface area (TPSA) is 114 Å². The van der Waals surface area contributed by atoms with Gasteiger partial charge >= 0.3 is 6.09 Å². The number of hydrogen-bond acceptors (Lipinski definition) is 6. The van der Waals surface area contributed by atoms with Gasteiger partial charge in [0, 0.05) is 16.8 Å². The van der Waals surface area contributed by atoms with Crippen molar-refractivity contribution in [3.63, 3.8) is 0 Å². The lowest BCUT2D eigenvalue weighted by Gasteiger charge is -2.08. The van der Waals surface area contributed by atoms with Crippen molar-refractivity contribution in [2.24, 2.45) is 0 Å². The lowest BCUT2D eigenvalue weighted by molar-refractivity contribution is 0.0925. The van der Waals surface area contributed by atoms with Gasteiger partial charge in [0.15, 0.2) is 0 Å². The minimum Gasteiger partial charge on any atom is -0.450 e. The van der Waals surface area contributed by atoms with Crippen LogP contribution in [0.25, 0.3) is 0 Å². The van der Waals surface area contributed by atoms with E-state index in [4.69, 9.17) is 0 Å². The van der Waals surface area contributed by atoms with E-state index in [9.17, 15) is 19.2 Å². The first kappa shape index (κ1) is 21.7. The zero-order valence-corrected chi connectivity index (χ0v) is 17.3. The first-order valence-corrected chi connectivity index (χ1v) is 10.2. The molecule has 0 radical (unpaired) electrons. The third-order valence-corrected chi connectivity index (χ3v) is 4.90. The fourth-order valence-electron chi connectivity index (χ4n) is 2.59. The fraction of sp³-hybridized carbons (Fsp3) is 0.0909. The third-order valence-electron chi connectivity index (χ3n) is 4.07. The molecule has 0 spiro atoms. The average Bonchev–Trinajstić information content (AvgIpc) is 3.23. The summed E-state index contributed by atoms with van der Waals surface area (Å²) in [4.78, 5) is 48.5. The van der Waals surface area contributed by atoms with Crippen LogP contribution < -0.4 is 16.0 Å². The summed E-state index contributed by atoms with van der Waals surface area (Å²) in [5.74, 6) is -1.43. The maximum atomic E-state index is 12.6. The molecule has 0 fully saturated rings. The average molecular weight is 437 g/mol. The van der Waals surface area contributed by atoms with Crippen molar-refractivity contribution in [2.45, 2.75) is 6.92 Å². The van der Waals surface area contributed by atoms with Gasteiger partial charge in [0.25, 0.3) is 17.7 Å². The second-order valence-corrected chi connectivity index (χ2v) is 7.11. The second kappa shape index (κ2) is 10.2. The van der Waals surface area contributed by atoms with Gasteiger partial charge in [0.2, 0.25) is 0 Å². The monoisotopic (exact) mass is 437 g/mol. The van der Waals surface area contributed by atoms with Crippen LogP contribution in [0.5, 0.6) is 0 Å². The van der Waals surface area contributed by atoms with Crippen LogP contribution in [-0.4, -0.2) is 30.4 Å². The number of benzene rings is 2. The van der Waals surface area contributed by atoms with Gasteiger partial charge in [-0.05, 0) is 54.8 Å². The zero-order valence-electron chi connectivity index (χ0n) is 16.5. The quantitative estimate of drug-likeness (QED) is 0.536. The van der Waals surface area contributed by atoms with Crippen LogP contribution in [0.15, 0.2) is 66.0 Å². The number of carbonyl (C=O) groups is 4. The molecule has 0 bridgehead atoms. The lowest BCUT2D eigenvalue weighted by atomic mass is 10.1. The Morgan fingerprint density at radius 1 is 0.806 bits per heavy atom. The minimum atomic E-state index is -0.861. The van der Waals surface area contributed by atoms with Gasteiger partial charge in [-0.2, -0.15) is 0 Å². The van der Waals surface area contributed by atoms with Gasteiger partial charge in [-0.25, -0.2) is 4.79 Å². The van der Waals surface area contributed by atoms with Gasteiger partial charge < -0.3 is 15.4 Å². The Morgan fingerprint density at radius 2 is 1.42 bits per heavy atom. The molecular formula is C22H19N3O5S. The Labute approximate surface area is 182 Å². The predicted octanol–water partition coefficient (Wildman–Crippen LogP) is 4.14. The van der Waals surface area contributed by atoms with E-state index >= 15 is 0 Å². The maximum absolute atomic E-state index is 12.6. The number of thiophene rings is 1. The Hall–Kier alpha value is -3.98. The molecule has 0 aliphatic carbocycles. The van der Waals surface area contributed by atoms with E-state index in [1.54, 1.807) is 24.4 Å². The van der Waals surface area contributed by atoms with E-state index < -0.39 is 17.9 Å². The fourth-order valence-corrected chi connectivity index (χ4v) is 3.36. The summed E-state index contributed by atoms with van der Waals surface area (Å²) in [5, 5.41) is 9.41. The summed E-state index contributed by atoms with van der Waals surface area (Å²) in [5.41, 5.74) is 1.51. The highest BCUT2D eigenvalue weighted by Crippen LogP contribution is 2.24. The summed E-state index contributed by atoms with van der Waals surface area (Å²) >= 11 is 1.14. The van der Waals surface area contributed by atoms with E-state index in [0.29, 0.717) is 16.8 Å². The minimum absolute atomic E-state index is 0.131. The van der Waals surface area contributed by atoms with E-state index in [-0.39, 0.29) is 23.1 Å². The predicted molar refractivity (Wildman–Crippen MR) is 118 cm³/mol. The van der Waals surface area contributed by atoms with E-state index in [1.807, 2.05) is 18.2 Å². The van der Waals surface area contributed by atoms with Crippen LogP contribution >= 0.6 is 11.3 Å². The molecule has 0 saturated heterocycles. The molecule has 0 atom stereocenters. The van der Waals surface area contributed by atoms with Crippen LogP contribution in [0, 0.1) is 0 Å². The highest BCUT2D eigenvalue weighted by molar-refractivity contribution is 7.14. The molecule has 0 aliphatic heterocycles. The summed E-state index contributed by atoms with van der Waals surface area (Å²) in [7, 11) is 0. The number of alkyl carbamates (subject to hydrolysis) is 1. The van der Waals surface area contributed by atoms with E-state index in [1.165, 1.54) is 30.3 Å². The van der Waals surface area contributed by atoms with Crippen LogP contribution in [-0.2, 0) is 4.74 Å². The number of carbonyl (C=O) groups excluding carboxylic acids is 4. The van der Waals surface area contributed by atoms with Crippen LogP contribution in [0.2, 0.25) is 0 Å². The first-order chi connectivity index (χ1) is 15.0. The van der Waals surface area contributed by atoms with Gasteiger partial charge in [0.05, 0.1) is 12.2 Å². The molecule has 0 aliphatic rings. The number of hydrogen-bond donors (Lipinski definition) is 3. The summed E-state index contributed by atoms with van der Waals surface area (Å²) in [6, 6.07) is 16.6. The summed E-state index contributed by atoms with van der Waals surface area (Å²) < 4.78 is 4.68. The number of ether oxygens (including phenoxy) is 1. The van der Waals surface area contributed by atoms with Crippen LogP contribution in [0.3, 0.4) is 0 Å². The van der Waals surface area contributed by atoms with Crippen molar-refractivity contribution in [1.29, 1.82) is 0 Å². The Kier molecular flexibility index (Phi) is 7.13. The van der Waals surface area contributed by atoms with Gasteiger partial charge in [-0.15, -0.1) is 11.3 Å². The maximum Gasteiger partial charge on any atom is 0.414 e. The van der Waals surface area contributed by atoms with Crippen molar-refractivity contribution < 1.29 is 23.9 Å². The molecule has 1 heterocycles. The first-order valence-electron chi connectivity index (χ1n) is 9.31. The second-order valence-electron chi connectivity index (χ2n) is 6.19. The third kappa shape index (κ3) is 5.77. The van der Waals surface area contributed by atoms with Gasteiger partial charge in [-0.3, -0.25) is 19.7 Å². The standard InChI is InChI=1S/C22H19N3O5S/c1-2-30-22(29)25-20(28)17-12-13-31-21(17)24-19(27)15-10-8-14(9-11-15)18(26)23-16-6-4-3-5-7-16/h3-13H,2H2,1H3,(H,23,26)(H,24,27)(H,25,28,29). The Bertz CT molecular complexity index is 1090. The molecule has 0 unspecified atom stereocenters. The molecule has 3 N–H and O–H groups in total. The van der Waals surface area contributed by atoms with E-state index in [0.717, 1.165) is 11.3 Å². The number of imide groups is 1. The van der Waals surface area contributed by atoms with Crippen LogP contribution in [0.4, 0.5) is 15.5 Å². The molecule has 158 valence electrons. The van der Waals surface area contributed by atoms with Crippen molar-refractivity contribution >= 4 is 45.8 Å². The normalized spacial score (nSPS) is 10.1. The number of nitrogens with one attached hydrogen (secondary N) is 3. The SMILES string of the molecule is CCOC(=O)NC(=O)c1ccsc1NC(=O)c1ccc(C(=O)Nc2ccccc2)cc1. The number of anilines is 2. The molecule has 8 nitrogen and oxygen atoms in total. The molecular weight excluding hydrogens is 418 g/mol. The van der Waals surface area contributed by atoms with Gasteiger partial charge in [0.1, 0.15) is 5.00 Å². The number of amides is 4. The van der Waals surface area contributed by atoms with Crippen molar-refractivity contribution in [2.75, 3.05) is 17.2 Å². The number of rotatable bonds is 6. The van der Waals surface area contributed by atoms with Crippen molar-refractivity contribution in [1.82, 2.24) is 5.32 Å². The Morgan fingerprint density at radius 3 is 2.03 bits per heavy atom. The largest absolute Gasteiger partial charge is 0.450 e. The molecule has 1 aromatic heterocycles. The number of para-hydroxylation sites is 1.